The first kappa shape index (κ1) is 19.3. The van der Waals surface area contributed by atoms with Crippen molar-refractivity contribution in [1.82, 2.24) is 24.8 Å². The average Bonchev–Trinajstić information content (AvgIpc) is 3.12. The Bertz CT molecular complexity index is 628. The molecule has 1 aromatic heterocycles. The van der Waals surface area contributed by atoms with E-state index in [1.807, 2.05) is 24.7 Å². The van der Waals surface area contributed by atoms with Crippen molar-refractivity contribution in [2.45, 2.75) is 65.0 Å². The van der Waals surface area contributed by atoms with Crippen molar-refractivity contribution < 1.29 is 4.79 Å². The van der Waals surface area contributed by atoms with E-state index in [0.29, 0.717) is 11.9 Å². The van der Waals surface area contributed by atoms with Gasteiger partial charge in [-0.1, -0.05) is 12.1 Å². The smallest absolute Gasteiger partial charge is 0.229 e. The zero-order valence-corrected chi connectivity index (χ0v) is 16.7. The SMILES string of the molecule is CCN1CCCC(C)(C(=O)N2CCC(n3cc(C(C)(C)N)nn3)CC2)C1. The van der Waals surface area contributed by atoms with Gasteiger partial charge in [0.05, 0.1) is 23.2 Å². The van der Waals surface area contributed by atoms with Crippen LogP contribution in [0, 0.1) is 5.41 Å². The van der Waals surface area contributed by atoms with E-state index in [4.69, 9.17) is 5.73 Å². The molecule has 3 rings (SSSR count). The minimum absolute atomic E-state index is 0.231. The van der Waals surface area contributed by atoms with Gasteiger partial charge in [0.15, 0.2) is 0 Å². The van der Waals surface area contributed by atoms with Gasteiger partial charge in [-0.25, -0.2) is 4.68 Å². The second-order valence-corrected chi connectivity index (χ2v) is 8.86. The lowest BCUT2D eigenvalue weighted by atomic mass is 9.80. The van der Waals surface area contributed by atoms with Crippen molar-refractivity contribution in [2.75, 3.05) is 32.7 Å². The number of likely N-dealkylation sites (tertiary alicyclic amines) is 2. The summed E-state index contributed by atoms with van der Waals surface area (Å²) in [7, 11) is 0. The summed E-state index contributed by atoms with van der Waals surface area (Å²) in [4.78, 5) is 17.6. The predicted octanol–water partition coefficient (Wildman–Crippen LogP) is 1.76. The number of nitrogens with two attached hydrogens (primary N) is 1. The lowest BCUT2D eigenvalue weighted by Crippen LogP contribution is -2.53. The molecule has 0 aliphatic carbocycles. The number of nitrogens with zero attached hydrogens (tertiary/aromatic N) is 5. The van der Waals surface area contributed by atoms with Crippen molar-refractivity contribution in [3.8, 4) is 0 Å². The number of hydrogen-bond donors (Lipinski definition) is 1. The van der Waals surface area contributed by atoms with Gasteiger partial charge in [-0.3, -0.25) is 4.79 Å². The summed E-state index contributed by atoms with van der Waals surface area (Å²) in [6, 6.07) is 0.300. The fourth-order valence-corrected chi connectivity index (χ4v) is 4.25. The van der Waals surface area contributed by atoms with Gasteiger partial charge >= 0.3 is 0 Å². The average molecular weight is 363 g/mol. The van der Waals surface area contributed by atoms with Crippen molar-refractivity contribution in [3.63, 3.8) is 0 Å². The molecule has 2 saturated heterocycles. The Balaban J connectivity index is 1.59. The Hall–Kier alpha value is -1.47. The van der Waals surface area contributed by atoms with E-state index < -0.39 is 5.54 Å². The van der Waals surface area contributed by atoms with E-state index in [2.05, 4.69) is 34.0 Å². The molecule has 1 aromatic rings. The van der Waals surface area contributed by atoms with Crippen LogP contribution in [0.25, 0.3) is 0 Å². The molecule has 26 heavy (non-hydrogen) atoms. The molecular weight excluding hydrogens is 328 g/mol. The molecule has 1 amide bonds. The van der Waals surface area contributed by atoms with Crippen molar-refractivity contribution in [1.29, 1.82) is 0 Å². The third-order valence-electron chi connectivity index (χ3n) is 6.04. The topological polar surface area (TPSA) is 80.3 Å². The molecule has 0 bridgehead atoms. The van der Waals surface area contributed by atoms with Gasteiger partial charge in [-0.15, -0.1) is 5.10 Å². The molecule has 0 radical (unpaired) electrons. The van der Waals surface area contributed by atoms with E-state index in [9.17, 15) is 4.79 Å². The van der Waals surface area contributed by atoms with Gasteiger partial charge in [0.1, 0.15) is 5.69 Å². The van der Waals surface area contributed by atoms with Crippen LogP contribution in [-0.2, 0) is 10.3 Å². The van der Waals surface area contributed by atoms with Crippen LogP contribution in [-0.4, -0.2) is 63.4 Å². The maximum Gasteiger partial charge on any atom is 0.229 e. The summed E-state index contributed by atoms with van der Waals surface area (Å²) in [5, 5.41) is 8.50. The van der Waals surface area contributed by atoms with E-state index in [0.717, 1.165) is 64.1 Å². The zero-order valence-electron chi connectivity index (χ0n) is 16.7. The first-order chi connectivity index (χ1) is 12.2. The van der Waals surface area contributed by atoms with E-state index in [-0.39, 0.29) is 5.41 Å². The van der Waals surface area contributed by atoms with Crippen molar-refractivity contribution >= 4 is 5.91 Å². The summed E-state index contributed by atoms with van der Waals surface area (Å²) >= 11 is 0. The largest absolute Gasteiger partial charge is 0.342 e. The Morgan fingerprint density at radius 1 is 1.35 bits per heavy atom. The molecule has 2 aliphatic heterocycles. The number of hydrogen-bond acceptors (Lipinski definition) is 5. The molecule has 2 fully saturated rings. The number of aromatic nitrogens is 3. The second kappa shape index (κ2) is 7.27. The molecule has 1 atom stereocenters. The van der Waals surface area contributed by atoms with Crippen LogP contribution in [0.3, 0.4) is 0 Å². The van der Waals surface area contributed by atoms with E-state index in [1.54, 1.807) is 0 Å². The molecule has 0 saturated carbocycles. The number of piperidine rings is 2. The Kier molecular flexibility index (Phi) is 5.40. The highest BCUT2D eigenvalue weighted by Gasteiger charge is 2.41. The number of carbonyl (C=O) groups excluding carboxylic acids is 1. The molecule has 0 aromatic carbocycles. The van der Waals surface area contributed by atoms with Crippen LogP contribution in [0.15, 0.2) is 6.20 Å². The fourth-order valence-electron chi connectivity index (χ4n) is 4.25. The van der Waals surface area contributed by atoms with Crippen molar-refractivity contribution in [2.24, 2.45) is 11.1 Å². The highest BCUT2D eigenvalue weighted by Crippen LogP contribution is 2.33. The number of rotatable bonds is 4. The summed E-state index contributed by atoms with van der Waals surface area (Å²) in [5.74, 6) is 0.330. The van der Waals surface area contributed by atoms with Gasteiger partial charge in [0.25, 0.3) is 0 Å². The molecule has 7 heteroatoms. The molecule has 0 spiro atoms. The lowest BCUT2D eigenvalue weighted by molar-refractivity contribution is -0.145. The Morgan fingerprint density at radius 2 is 2.04 bits per heavy atom. The maximum atomic E-state index is 13.2. The Labute approximate surface area is 156 Å². The van der Waals surface area contributed by atoms with E-state index in [1.165, 1.54) is 0 Å². The van der Waals surface area contributed by atoms with Crippen LogP contribution >= 0.6 is 0 Å². The van der Waals surface area contributed by atoms with Gasteiger partial charge in [0.2, 0.25) is 5.91 Å². The van der Waals surface area contributed by atoms with Gasteiger partial charge in [0, 0.05) is 19.6 Å². The fraction of sp³-hybridized carbons (Fsp3) is 0.842. The third-order valence-corrected chi connectivity index (χ3v) is 6.04. The molecule has 2 aliphatic rings. The van der Waals surface area contributed by atoms with Gasteiger partial charge in [-0.05, 0) is 59.5 Å². The van der Waals surface area contributed by atoms with Crippen LogP contribution in [0.4, 0.5) is 0 Å². The van der Waals surface area contributed by atoms with Crippen LogP contribution < -0.4 is 5.73 Å². The molecule has 7 nitrogen and oxygen atoms in total. The van der Waals surface area contributed by atoms with Crippen LogP contribution in [0.2, 0.25) is 0 Å². The first-order valence-electron chi connectivity index (χ1n) is 9.96. The van der Waals surface area contributed by atoms with E-state index >= 15 is 0 Å². The molecule has 146 valence electrons. The molecule has 2 N–H and O–H groups in total. The number of amides is 1. The molecule has 1 unspecified atom stereocenters. The summed E-state index contributed by atoms with van der Waals surface area (Å²) < 4.78 is 1.94. The normalized spacial score (nSPS) is 26.3. The third kappa shape index (κ3) is 3.93. The van der Waals surface area contributed by atoms with Crippen LogP contribution in [0.1, 0.15) is 65.1 Å². The standard InChI is InChI=1S/C19H34N6O/c1-5-23-10-6-9-19(4,14-23)17(26)24-11-7-15(8-12-24)25-13-16(21-22-25)18(2,3)20/h13,15H,5-12,14,20H2,1-4H3. The minimum atomic E-state index is -0.477. The van der Waals surface area contributed by atoms with Gasteiger partial charge < -0.3 is 15.5 Å². The monoisotopic (exact) mass is 362 g/mol. The molecular formula is C19H34N6O. The highest BCUT2D eigenvalue weighted by atomic mass is 16.2. The summed E-state index contributed by atoms with van der Waals surface area (Å²) in [6.45, 7) is 12.8. The van der Waals surface area contributed by atoms with Crippen molar-refractivity contribution in [3.05, 3.63) is 11.9 Å². The quantitative estimate of drug-likeness (QED) is 0.883. The molecule has 3 heterocycles. The minimum Gasteiger partial charge on any atom is -0.342 e. The second-order valence-electron chi connectivity index (χ2n) is 8.86. The zero-order chi connectivity index (χ0) is 18.9. The van der Waals surface area contributed by atoms with Gasteiger partial charge in [-0.2, -0.15) is 0 Å². The first-order valence-corrected chi connectivity index (χ1v) is 9.96. The predicted molar refractivity (Wildman–Crippen MR) is 102 cm³/mol. The summed E-state index contributed by atoms with van der Waals surface area (Å²) in [5.41, 5.74) is 6.21. The number of carbonyl (C=O) groups is 1. The lowest BCUT2D eigenvalue weighted by Gasteiger charge is -2.43. The summed E-state index contributed by atoms with van der Waals surface area (Å²) in [6.07, 6.45) is 5.92. The Morgan fingerprint density at radius 3 is 2.62 bits per heavy atom. The maximum absolute atomic E-state index is 13.2. The highest BCUT2D eigenvalue weighted by molar-refractivity contribution is 5.82. The van der Waals surface area contributed by atoms with Crippen LogP contribution in [0.5, 0.6) is 0 Å².